The van der Waals surface area contributed by atoms with Crippen LogP contribution < -0.4 is 10.6 Å². The van der Waals surface area contributed by atoms with E-state index >= 15 is 0 Å². The first kappa shape index (κ1) is 17.7. The highest BCUT2D eigenvalue weighted by atomic mass is 35.5. The molecule has 1 amide bonds. The number of carbonyl (C=O) groups excluding carboxylic acids is 1. The average molecular weight is 387 g/mol. The summed E-state index contributed by atoms with van der Waals surface area (Å²) in [5.74, 6) is 0.201. The van der Waals surface area contributed by atoms with E-state index in [-0.39, 0.29) is 5.91 Å². The fourth-order valence-corrected chi connectivity index (χ4v) is 3.55. The number of hydrogen-bond acceptors (Lipinski definition) is 6. The third-order valence-electron chi connectivity index (χ3n) is 4.72. The predicted octanol–water partition coefficient (Wildman–Crippen LogP) is 2.48. The van der Waals surface area contributed by atoms with Gasteiger partial charge in [0.2, 0.25) is 0 Å². The number of anilines is 2. The lowest BCUT2D eigenvalue weighted by molar-refractivity contribution is -0.144. The second-order valence-electron chi connectivity index (χ2n) is 6.93. The molecule has 3 aromatic heterocycles. The summed E-state index contributed by atoms with van der Waals surface area (Å²) in [6.45, 7) is 6.35. The predicted molar refractivity (Wildman–Crippen MR) is 103 cm³/mol. The van der Waals surface area contributed by atoms with Crippen LogP contribution in [-0.4, -0.2) is 44.2 Å². The van der Waals surface area contributed by atoms with E-state index in [1.54, 1.807) is 35.5 Å². The van der Waals surface area contributed by atoms with Crippen LogP contribution in [0.25, 0.3) is 16.8 Å². The van der Waals surface area contributed by atoms with Gasteiger partial charge in [0.1, 0.15) is 17.4 Å². The molecule has 9 heteroatoms. The Morgan fingerprint density at radius 3 is 2.85 bits per heavy atom. The normalized spacial score (nSPS) is 16.9. The van der Waals surface area contributed by atoms with Crippen LogP contribution in [0.3, 0.4) is 0 Å². The van der Waals surface area contributed by atoms with Crippen LogP contribution in [0.1, 0.15) is 19.5 Å². The van der Waals surface area contributed by atoms with E-state index in [1.165, 1.54) is 6.33 Å². The van der Waals surface area contributed by atoms with E-state index in [0.29, 0.717) is 29.5 Å². The molecule has 140 valence electrons. The van der Waals surface area contributed by atoms with Crippen molar-refractivity contribution >= 4 is 34.5 Å². The minimum atomic E-state index is -0.868. The van der Waals surface area contributed by atoms with Gasteiger partial charge in [-0.25, -0.2) is 9.50 Å². The number of morpholine rings is 1. The number of nitrogens with zero attached hydrogens (tertiary/aromatic N) is 5. The Morgan fingerprint density at radius 2 is 2.07 bits per heavy atom. The van der Waals surface area contributed by atoms with Crippen LogP contribution in [0.5, 0.6) is 0 Å². The zero-order chi connectivity index (χ0) is 19.3. The van der Waals surface area contributed by atoms with E-state index in [2.05, 4.69) is 15.1 Å². The van der Waals surface area contributed by atoms with Crippen molar-refractivity contribution in [2.45, 2.75) is 26.4 Å². The monoisotopic (exact) mass is 386 g/mol. The Labute approximate surface area is 160 Å². The standard InChI is InChI=1S/C18H19ClN6O2/c1-10-13(24-4-5-27-18(2,3)17(24)26)6-11(8-21-10)14-7-12(19)15-16(20)22-9-23-25(14)15/h6-9H,4-5H2,1-3H3,(H2,20,22,23). The third-order valence-corrected chi connectivity index (χ3v) is 5.01. The van der Waals surface area contributed by atoms with Crippen LogP contribution >= 0.6 is 11.6 Å². The van der Waals surface area contributed by atoms with Crippen molar-refractivity contribution in [2.75, 3.05) is 23.8 Å². The number of halogens is 1. The van der Waals surface area contributed by atoms with E-state index in [4.69, 9.17) is 22.1 Å². The summed E-state index contributed by atoms with van der Waals surface area (Å²) in [5, 5.41) is 4.71. The van der Waals surface area contributed by atoms with Crippen LogP contribution in [0.2, 0.25) is 5.02 Å². The van der Waals surface area contributed by atoms with Gasteiger partial charge in [0.05, 0.1) is 28.7 Å². The van der Waals surface area contributed by atoms with Crippen LogP contribution in [0, 0.1) is 6.92 Å². The Kier molecular flexibility index (Phi) is 4.05. The maximum atomic E-state index is 12.8. The summed E-state index contributed by atoms with van der Waals surface area (Å²) in [4.78, 5) is 23.0. The van der Waals surface area contributed by atoms with Crippen LogP contribution in [-0.2, 0) is 9.53 Å². The number of fused-ring (bicyclic) bond motifs is 1. The highest BCUT2D eigenvalue weighted by Crippen LogP contribution is 2.34. The van der Waals surface area contributed by atoms with Crippen molar-refractivity contribution in [1.82, 2.24) is 19.6 Å². The van der Waals surface area contributed by atoms with Crippen LogP contribution in [0.4, 0.5) is 11.5 Å². The molecule has 3 aromatic rings. The number of ether oxygens (including phenoxy) is 1. The average Bonchev–Trinajstić information content (AvgIpc) is 2.96. The second-order valence-corrected chi connectivity index (χ2v) is 7.33. The maximum absolute atomic E-state index is 12.8. The van der Waals surface area contributed by atoms with E-state index in [0.717, 1.165) is 22.6 Å². The highest BCUT2D eigenvalue weighted by molar-refractivity contribution is 6.35. The number of nitrogen functional groups attached to an aromatic ring is 1. The number of nitrogens with two attached hydrogens (primary N) is 1. The molecule has 4 heterocycles. The molecule has 0 bridgehead atoms. The molecule has 0 saturated carbocycles. The van der Waals surface area contributed by atoms with Crippen LogP contribution in [0.15, 0.2) is 24.7 Å². The number of amides is 1. The molecule has 0 radical (unpaired) electrons. The number of carbonyl (C=O) groups is 1. The SMILES string of the molecule is Cc1ncc(-c2cc(Cl)c3c(N)ncnn23)cc1N1CCOC(C)(C)C1=O. The number of aromatic nitrogens is 4. The molecule has 0 aromatic carbocycles. The molecule has 1 aliphatic rings. The second kappa shape index (κ2) is 6.17. The van der Waals surface area contributed by atoms with E-state index in [9.17, 15) is 4.79 Å². The molecule has 4 rings (SSSR count). The lowest BCUT2D eigenvalue weighted by Crippen LogP contribution is -2.53. The molecule has 1 saturated heterocycles. The number of hydrogen-bond donors (Lipinski definition) is 1. The van der Waals surface area contributed by atoms with Gasteiger partial charge in [-0.3, -0.25) is 9.78 Å². The molecule has 1 fully saturated rings. The van der Waals surface area contributed by atoms with Crippen molar-refractivity contribution in [1.29, 1.82) is 0 Å². The van der Waals surface area contributed by atoms with Gasteiger partial charge >= 0.3 is 0 Å². The first-order chi connectivity index (χ1) is 12.8. The molecule has 0 spiro atoms. The summed E-state index contributed by atoms with van der Waals surface area (Å²) in [6, 6.07) is 3.68. The van der Waals surface area contributed by atoms with Gasteiger partial charge in [-0.2, -0.15) is 5.10 Å². The maximum Gasteiger partial charge on any atom is 0.258 e. The Hall–Kier alpha value is -2.71. The Bertz CT molecular complexity index is 1060. The van der Waals surface area contributed by atoms with Gasteiger partial charge in [-0.15, -0.1) is 0 Å². The lowest BCUT2D eigenvalue weighted by atomic mass is 10.0. The third kappa shape index (κ3) is 2.81. The Balaban J connectivity index is 1.85. The first-order valence-electron chi connectivity index (χ1n) is 8.50. The number of aryl methyl sites for hydroxylation is 1. The topological polar surface area (TPSA) is 98.6 Å². The minimum absolute atomic E-state index is 0.0968. The zero-order valence-corrected chi connectivity index (χ0v) is 16.0. The number of pyridine rings is 1. The van der Waals surface area contributed by atoms with Gasteiger partial charge in [-0.1, -0.05) is 11.6 Å². The van der Waals surface area contributed by atoms with E-state index in [1.807, 2.05) is 13.0 Å². The molecule has 1 aliphatic heterocycles. The smallest absolute Gasteiger partial charge is 0.258 e. The highest BCUT2D eigenvalue weighted by Gasteiger charge is 2.38. The molecule has 0 aliphatic carbocycles. The van der Waals surface area contributed by atoms with Gasteiger partial charge in [0.25, 0.3) is 5.91 Å². The molecule has 27 heavy (non-hydrogen) atoms. The van der Waals surface area contributed by atoms with Gasteiger partial charge in [0.15, 0.2) is 5.82 Å². The fraction of sp³-hybridized carbons (Fsp3) is 0.333. The lowest BCUT2D eigenvalue weighted by Gasteiger charge is -2.37. The fourth-order valence-electron chi connectivity index (χ4n) is 3.27. The minimum Gasteiger partial charge on any atom is -0.382 e. The van der Waals surface area contributed by atoms with Gasteiger partial charge < -0.3 is 15.4 Å². The van der Waals surface area contributed by atoms with Gasteiger partial charge in [-0.05, 0) is 32.9 Å². The first-order valence-corrected chi connectivity index (χ1v) is 8.88. The summed E-state index contributed by atoms with van der Waals surface area (Å²) >= 11 is 6.33. The molecular formula is C18H19ClN6O2. The van der Waals surface area contributed by atoms with E-state index < -0.39 is 5.60 Å². The Morgan fingerprint density at radius 1 is 1.30 bits per heavy atom. The summed E-state index contributed by atoms with van der Waals surface area (Å²) in [6.07, 6.45) is 3.10. The van der Waals surface area contributed by atoms with Gasteiger partial charge in [0, 0.05) is 18.3 Å². The molecule has 0 unspecified atom stereocenters. The quantitative estimate of drug-likeness (QED) is 0.726. The molecule has 0 atom stereocenters. The largest absolute Gasteiger partial charge is 0.382 e. The van der Waals surface area contributed by atoms with Crippen molar-refractivity contribution < 1.29 is 9.53 Å². The van der Waals surface area contributed by atoms with Crippen molar-refractivity contribution in [2.24, 2.45) is 0 Å². The van der Waals surface area contributed by atoms with Crippen molar-refractivity contribution in [3.63, 3.8) is 0 Å². The summed E-state index contributed by atoms with van der Waals surface area (Å²) < 4.78 is 7.23. The number of rotatable bonds is 2. The van der Waals surface area contributed by atoms with Crippen molar-refractivity contribution in [3.05, 3.63) is 35.4 Å². The molecule has 8 nitrogen and oxygen atoms in total. The van der Waals surface area contributed by atoms with Crippen molar-refractivity contribution in [3.8, 4) is 11.3 Å². The summed E-state index contributed by atoms with van der Waals surface area (Å²) in [5.41, 5.74) is 8.59. The molecular weight excluding hydrogens is 368 g/mol. The molecule has 2 N–H and O–H groups in total. The zero-order valence-electron chi connectivity index (χ0n) is 15.2. The summed E-state index contributed by atoms with van der Waals surface area (Å²) in [7, 11) is 0.